The standard InChI is InChI=1S/C24H35N5O2/c1-4-21-20(22(5-2)31-28-21)17-27-24(25-6-3)26-16-18-10-12-19(13-11-18)23(30)29-14-8-7-9-15-29/h10-13H,4-9,14-17H2,1-3H3,(H2,25,26,27). The van der Waals surface area contributed by atoms with Gasteiger partial charge in [-0.05, 0) is 50.3 Å². The lowest BCUT2D eigenvalue weighted by atomic mass is 10.1. The fraction of sp³-hybridized carbons (Fsp3) is 0.542. The Kier molecular flexibility index (Phi) is 8.50. The number of aromatic nitrogens is 1. The third-order valence-corrected chi connectivity index (χ3v) is 5.65. The predicted octanol–water partition coefficient (Wildman–Crippen LogP) is 3.68. The molecule has 1 aliphatic heterocycles. The minimum atomic E-state index is 0.136. The van der Waals surface area contributed by atoms with Crippen LogP contribution in [0.15, 0.2) is 33.8 Å². The maximum atomic E-state index is 12.6. The largest absolute Gasteiger partial charge is 0.361 e. The molecule has 1 amide bonds. The molecule has 0 radical (unpaired) electrons. The third kappa shape index (κ3) is 6.09. The molecule has 0 unspecified atom stereocenters. The second-order valence-corrected chi connectivity index (χ2v) is 7.84. The van der Waals surface area contributed by atoms with Gasteiger partial charge in [0.1, 0.15) is 5.76 Å². The number of likely N-dealkylation sites (tertiary alicyclic amines) is 1. The lowest BCUT2D eigenvalue weighted by Gasteiger charge is -2.26. The zero-order valence-electron chi connectivity index (χ0n) is 19.0. The molecular weight excluding hydrogens is 390 g/mol. The Balaban J connectivity index is 1.61. The van der Waals surface area contributed by atoms with Gasteiger partial charge in [-0.3, -0.25) is 4.79 Å². The summed E-state index contributed by atoms with van der Waals surface area (Å²) in [6.07, 6.45) is 5.09. The van der Waals surface area contributed by atoms with Crippen molar-refractivity contribution in [2.24, 2.45) is 4.99 Å². The van der Waals surface area contributed by atoms with Crippen LogP contribution >= 0.6 is 0 Å². The summed E-state index contributed by atoms with van der Waals surface area (Å²) < 4.78 is 5.45. The van der Waals surface area contributed by atoms with Crippen molar-refractivity contribution in [3.63, 3.8) is 0 Å². The molecule has 3 rings (SSSR count). The number of hydrogen-bond acceptors (Lipinski definition) is 4. The highest BCUT2D eigenvalue weighted by molar-refractivity contribution is 5.94. The van der Waals surface area contributed by atoms with E-state index in [9.17, 15) is 4.79 Å². The minimum Gasteiger partial charge on any atom is -0.361 e. The van der Waals surface area contributed by atoms with Crippen molar-refractivity contribution < 1.29 is 9.32 Å². The van der Waals surface area contributed by atoms with Gasteiger partial charge in [-0.2, -0.15) is 0 Å². The van der Waals surface area contributed by atoms with E-state index in [2.05, 4.69) is 29.6 Å². The quantitative estimate of drug-likeness (QED) is 0.498. The second kappa shape index (κ2) is 11.5. The Morgan fingerprint density at radius 2 is 1.81 bits per heavy atom. The van der Waals surface area contributed by atoms with Crippen molar-refractivity contribution in [1.29, 1.82) is 0 Å². The van der Waals surface area contributed by atoms with Gasteiger partial charge >= 0.3 is 0 Å². The molecule has 168 valence electrons. The molecule has 7 nitrogen and oxygen atoms in total. The highest BCUT2D eigenvalue weighted by atomic mass is 16.5. The molecule has 0 spiro atoms. The molecule has 1 fully saturated rings. The summed E-state index contributed by atoms with van der Waals surface area (Å²) in [6.45, 7) is 9.89. The molecule has 7 heteroatoms. The molecule has 0 atom stereocenters. The molecule has 2 aromatic rings. The number of carbonyl (C=O) groups is 1. The average Bonchev–Trinajstić information content (AvgIpc) is 3.23. The smallest absolute Gasteiger partial charge is 0.253 e. The highest BCUT2D eigenvalue weighted by Crippen LogP contribution is 2.16. The molecule has 1 aromatic heterocycles. The van der Waals surface area contributed by atoms with Crippen molar-refractivity contribution in [3.8, 4) is 0 Å². The zero-order chi connectivity index (χ0) is 22.1. The fourth-order valence-corrected chi connectivity index (χ4v) is 3.85. The van der Waals surface area contributed by atoms with Crippen LogP contribution in [0.4, 0.5) is 0 Å². The van der Waals surface area contributed by atoms with Gasteiger partial charge in [0.2, 0.25) is 0 Å². The topological polar surface area (TPSA) is 82.8 Å². The van der Waals surface area contributed by atoms with E-state index in [4.69, 9.17) is 9.52 Å². The fourth-order valence-electron chi connectivity index (χ4n) is 3.85. The molecule has 2 N–H and O–H groups in total. The van der Waals surface area contributed by atoms with Crippen molar-refractivity contribution in [1.82, 2.24) is 20.7 Å². The molecular formula is C24H35N5O2. The summed E-state index contributed by atoms with van der Waals surface area (Å²) in [7, 11) is 0. The first kappa shape index (κ1) is 22.8. The summed E-state index contributed by atoms with van der Waals surface area (Å²) >= 11 is 0. The summed E-state index contributed by atoms with van der Waals surface area (Å²) in [6, 6.07) is 7.82. The first-order valence-corrected chi connectivity index (χ1v) is 11.5. The Labute approximate surface area is 185 Å². The van der Waals surface area contributed by atoms with Gasteiger partial charge in [-0.1, -0.05) is 31.1 Å². The Morgan fingerprint density at radius 3 is 2.45 bits per heavy atom. The molecule has 0 saturated carbocycles. The van der Waals surface area contributed by atoms with Crippen molar-refractivity contribution >= 4 is 11.9 Å². The van der Waals surface area contributed by atoms with Crippen molar-refractivity contribution in [2.45, 2.75) is 66.0 Å². The number of aliphatic imine (C=N–C) groups is 1. The first-order chi connectivity index (χ1) is 15.2. The van der Waals surface area contributed by atoms with Crippen molar-refractivity contribution in [3.05, 3.63) is 52.4 Å². The summed E-state index contributed by atoms with van der Waals surface area (Å²) in [5.41, 5.74) is 3.94. The number of piperidine rings is 1. The van der Waals surface area contributed by atoms with E-state index in [1.54, 1.807) is 0 Å². The second-order valence-electron chi connectivity index (χ2n) is 7.84. The van der Waals surface area contributed by atoms with Gasteiger partial charge in [-0.25, -0.2) is 4.99 Å². The molecule has 31 heavy (non-hydrogen) atoms. The van der Waals surface area contributed by atoms with Gasteiger partial charge in [0.15, 0.2) is 5.96 Å². The SMILES string of the molecule is CCNC(=NCc1ccc(C(=O)N2CCCCC2)cc1)NCc1c(CC)noc1CC. The van der Waals surface area contributed by atoms with Crippen molar-refractivity contribution in [2.75, 3.05) is 19.6 Å². The number of amides is 1. The number of nitrogens with zero attached hydrogens (tertiary/aromatic N) is 3. The molecule has 1 aliphatic rings. The molecule has 2 heterocycles. The summed E-state index contributed by atoms with van der Waals surface area (Å²) in [5.74, 6) is 1.81. The van der Waals surface area contributed by atoms with Gasteiger partial charge in [0.05, 0.1) is 12.2 Å². The molecule has 0 aliphatic carbocycles. The van der Waals surface area contributed by atoms with Crippen LogP contribution in [0.5, 0.6) is 0 Å². The normalized spacial score (nSPS) is 14.5. The van der Waals surface area contributed by atoms with Crippen LogP contribution in [0.2, 0.25) is 0 Å². The maximum Gasteiger partial charge on any atom is 0.253 e. The Morgan fingerprint density at radius 1 is 1.06 bits per heavy atom. The first-order valence-electron chi connectivity index (χ1n) is 11.5. The number of guanidine groups is 1. The monoisotopic (exact) mass is 425 g/mol. The highest BCUT2D eigenvalue weighted by Gasteiger charge is 2.18. The number of benzene rings is 1. The van der Waals surface area contributed by atoms with Crippen LogP contribution in [-0.4, -0.2) is 41.6 Å². The number of nitrogens with one attached hydrogen (secondary N) is 2. The molecule has 1 aromatic carbocycles. The lowest BCUT2D eigenvalue weighted by molar-refractivity contribution is 0.0724. The van der Waals surface area contributed by atoms with E-state index >= 15 is 0 Å². The van der Waals surface area contributed by atoms with Gasteiger partial charge < -0.3 is 20.1 Å². The van der Waals surface area contributed by atoms with Gasteiger partial charge in [-0.15, -0.1) is 0 Å². The van der Waals surface area contributed by atoms with Crippen LogP contribution < -0.4 is 10.6 Å². The van der Waals surface area contributed by atoms with E-state index in [0.717, 1.165) is 79.4 Å². The van der Waals surface area contributed by atoms with E-state index in [1.165, 1.54) is 6.42 Å². The van der Waals surface area contributed by atoms with Crippen LogP contribution in [-0.2, 0) is 25.9 Å². The predicted molar refractivity (Wildman–Crippen MR) is 123 cm³/mol. The maximum absolute atomic E-state index is 12.6. The number of hydrogen-bond donors (Lipinski definition) is 2. The van der Waals surface area contributed by atoms with E-state index in [-0.39, 0.29) is 5.91 Å². The van der Waals surface area contributed by atoms with Crippen LogP contribution in [0, 0.1) is 0 Å². The van der Waals surface area contributed by atoms with Crippen LogP contribution in [0.1, 0.15) is 73.0 Å². The number of aryl methyl sites for hydroxylation is 2. The van der Waals surface area contributed by atoms with Gasteiger partial charge in [0, 0.05) is 43.7 Å². The number of carbonyl (C=O) groups excluding carboxylic acids is 1. The van der Waals surface area contributed by atoms with Gasteiger partial charge in [0.25, 0.3) is 5.91 Å². The summed E-state index contributed by atoms with van der Waals surface area (Å²) in [5, 5.41) is 10.9. The Hall–Kier alpha value is -2.83. The number of rotatable bonds is 8. The molecule has 1 saturated heterocycles. The Bertz CT molecular complexity index is 845. The van der Waals surface area contributed by atoms with E-state index in [0.29, 0.717) is 13.1 Å². The van der Waals surface area contributed by atoms with Crippen LogP contribution in [0.3, 0.4) is 0 Å². The minimum absolute atomic E-state index is 0.136. The third-order valence-electron chi connectivity index (χ3n) is 5.65. The van der Waals surface area contributed by atoms with E-state index in [1.807, 2.05) is 36.1 Å². The summed E-state index contributed by atoms with van der Waals surface area (Å²) in [4.78, 5) is 19.3. The average molecular weight is 426 g/mol. The zero-order valence-corrected chi connectivity index (χ0v) is 19.0. The lowest BCUT2D eigenvalue weighted by Crippen LogP contribution is -2.37. The molecule has 0 bridgehead atoms. The van der Waals surface area contributed by atoms with Crippen LogP contribution in [0.25, 0.3) is 0 Å². The van der Waals surface area contributed by atoms with E-state index < -0.39 is 0 Å².